The van der Waals surface area contributed by atoms with E-state index in [1.807, 2.05) is 12.1 Å². The van der Waals surface area contributed by atoms with Crippen molar-refractivity contribution in [2.45, 2.75) is 44.1 Å². The number of fused-ring (bicyclic) bond motifs is 1. The van der Waals surface area contributed by atoms with Crippen LogP contribution in [-0.2, 0) is 12.8 Å². The van der Waals surface area contributed by atoms with Gasteiger partial charge >= 0.3 is 0 Å². The Morgan fingerprint density at radius 3 is 2.72 bits per heavy atom. The molecule has 0 bridgehead atoms. The van der Waals surface area contributed by atoms with Gasteiger partial charge < -0.3 is 10.1 Å². The van der Waals surface area contributed by atoms with Crippen LogP contribution in [0.25, 0.3) is 0 Å². The topological polar surface area (TPSA) is 38.3 Å². The number of nitrogens with one attached hydrogen (secondary N) is 1. The van der Waals surface area contributed by atoms with Gasteiger partial charge in [0.15, 0.2) is 0 Å². The Morgan fingerprint density at radius 1 is 1.12 bits per heavy atom. The fourth-order valence-corrected chi connectivity index (χ4v) is 4.08. The monoisotopic (exact) mass is 399 g/mol. The number of carbonyl (C=O) groups is 1. The second-order valence-corrected chi connectivity index (χ2v) is 7.98. The zero-order chi connectivity index (χ0) is 17.4. The molecule has 2 aliphatic carbocycles. The van der Waals surface area contributed by atoms with Crippen LogP contribution in [0.3, 0.4) is 0 Å². The summed E-state index contributed by atoms with van der Waals surface area (Å²) in [5.74, 6) is 1.30. The predicted molar refractivity (Wildman–Crippen MR) is 102 cm³/mol. The Morgan fingerprint density at radius 2 is 1.96 bits per heavy atom. The number of rotatable bonds is 4. The van der Waals surface area contributed by atoms with E-state index in [0.717, 1.165) is 23.7 Å². The summed E-state index contributed by atoms with van der Waals surface area (Å²) in [5.41, 5.74) is 4.63. The molecule has 0 aliphatic heterocycles. The zero-order valence-corrected chi connectivity index (χ0v) is 15.9. The van der Waals surface area contributed by atoms with Crippen molar-refractivity contribution in [3.8, 4) is 5.75 Å². The van der Waals surface area contributed by atoms with Gasteiger partial charge in [0.05, 0.1) is 12.7 Å². The van der Waals surface area contributed by atoms with Crippen LogP contribution >= 0.6 is 15.9 Å². The van der Waals surface area contributed by atoms with Crippen LogP contribution in [0.15, 0.2) is 40.9 Å². The van der Waals surface area contributed by atoms with E-state index in [0.29, 0.717) is 17.2 Å². The number of hydrogen-bond donors (Lipinski definition) is 1. The van der Waals surface area contributed by atoms with E-state index in [4.69, 9.17) is 4.74 Å². The second-order valence-electron chi connectivity index (χ2n) is 7.06. The summed E-state index contributed by atoms with van der Waals surface area (Å²) in [7, 11) is 1.64. The molecule has 1 unspecified atom stereocenters. The van der Waals surface area contributed by atoms with Gasteiger partial charge in [0.25, 0.3) is 5.91 Å². The molecular formula is C21H22BrNO2. The first kappa shape index (κ1) is 16.6. The summed E-state index contributed by atoms with van der Waals surface area (Å²) in [4.78, 5) is 12.8. The average Bonchev–Trinajstić information content (AvgIpc) is 3.46. The number of benzene rings is 2. The number of carbonyl (C=O) groups excluding carboxylic acids is 1. The molecule has 2 aliphatic rings. The number of ether oxygens (including phenoxy) is 1. The lowest BCUT2D eigenvalue weighted by molar-refractivity contribution is 0.0930. The van der Waals surface area contributed by atoms with Gasteiger partial charge in [-0.15, -0.1) is 0 Å². The third-order valence-corrected chi connectivity index (χ3v) is 5.74. The molecule has 0 aromatic heterocycles. The van der Waals surface area contributed by atoms with Crippen molar-refractivity contribution in [3.05, 3.63) is 63.1 Å². The van der Waals surface area contributed by atoms with E-state index in [1.54, 1.807) is 7.11 Å². The van der Waals surface area contributed by atoms with E-state index in [1.165, 1.54) is 29.5 Å². The van der Waals surface area contributed by atoms with E-state index in [2.05, 4.69) is 45.5 Å². The molecular weight excluding hydrogens is 378 g/mol. The largest absolute Gasteiger partial charge is 0.496 e. The highest BCUT2D eigenvalue weighted by atomic mass is 79.9. The molecule has 4 heteroatoms. The third-order valence-electron chi connectivity index (χ3n) is 5.25. The minimum Gasteiger partial charge on any atom is -0.496 e. The number of methoxy groups -OCH3 is 1. The van der Waals surface area contributed by atoms with Gasteiger partial charge in [-0.05, 0) is 79.0 Å². The number of aryl methyl sites for hydroxylation is 1. The van der Waals surface area contributed by atoms with E-state index < -0.39 is 0 Å². The molecule has 0 spiro atoms. The molecule has 0 saturated heterocycles. The normalized spacial score (nSPS) is 19.2. The molecule has 1 N–H and O–H groups in total. The first-order valence-corrected chi connectivity index (χ1v) is 9.69. The van der Waals surface area contributed by atoms with Crippen LogP contribution in [0.4, 0.5) is 0 Å². The lowest BCUT2D eigenvalue weighted by atomic mass is 9.88. The predicted octanol–water partition coefficient (Wildman–Crippen LogP) is 4.62. The van der Waals surface area contributed by atoms with Crippen LogP contribution in [0.2, 0.25) is 0 Å². The van der Waals surface area contributed by atoms with Crippen molar-refractivity contribution in [2.24, 2.45) is 0 Å². The summed E-state index contributed by atoms with van der Waals surface area (Å²) in [5, 5.41) is 3.20. The summed E-state index contributed by atoms with van der Waals surface area (Å²) < 4.78 is 6.60. The molecule has 130 valence electrons. The van der Waals surface area contributed by atoms with E-state index >= 15 is 0 Å². The van der Waals surface area contributed by atoms with Gasteiger partial charge in [-0.25, -0.2) is 0 Å². The molecule has 0 radical (unpaired) electrons. The standard InChI is InChI=1S/C21H22BrNO2/c1-25-20-12-16(13-2-3-13)6-9-19(20)21(24)23-18-8-5-14-10-17(22)7-4-15(14)11-18/h4,6-7,9-10,12-13,18H,2-3,5,8,11H2,1H3,(H,23,24). The first-order valence-electron chi connectivity index (χ1n) is 8.90. The SMILES string of the molecule is COc1cc(C2CC2)ccc1C(=O)NC1CCc2cc(Br)ccc2C1. The minimum atomic E-state index is -0.0373. The Hall–Kier alpha value is -1.81. The van der Waals surface area contributed by atoms with Crippen LogP contribution in [-0.4, -0.2) is 19.1 Å². The third kappa shape index (κ3) is 3.59. The fraction of sp³-hybridized carbons (Fsp3) is 0.381. The molecule has 25 heavy (non-hydrogen) atoms. The van der Waals surface area contributed by atoms with Crippen LogP contribution in [0, 0.1) is 0 Å². The van der Waals surface area contributed by atoms with E-state index in [9.17, 15) is 4.79 Å². The summed E-state index contributed by atoms with van der Waals surface area (Å²) in [6, 6.07) is 12.6. The highest BCUT2D eigenvalue weighted by Gasteiger charge is 2.26. The summed E-state index contributed by atoms with van der Waals surface area (Å²) in [6.07, 6.45) is 5.34. The molecule has 1 atom stereocenters. The minimum absolute atomic E-state index is 0.0373. The van der Waals surface area contributed by atoms with Crippen molar-refractivity contribution < 1.29 is 9.53 Å². The van der Waals surface area contributed by atoms with Gasteiger partial charge in [-0.1, -0.05) is 28.1 Å². The maximum absolute atomic E-state index is 12.8. The molecule has 1 amide bonds. The lowest BCUT2D eigenvalue weighted by Crippen LogP contribution is -2.39. The second kappa shape index (κ2) is 6.83. The average molecular weight is 400 g/mol. The van der Waals surface area contributed by atoms with Crippen LogP contribution < -0.4 is 10.1 Å². The van der Waals surface area contributed by atoms with E-state index in [-0.39, 0.29) is 11.9 Å². The quantitative estimate of drug-likeness (QED) is 0.813. The molecule has 4 rings (SSSR count). The molecule has 3 nitrogen and oxygen atoms in total. The highest BCUT2D eigenvalue weighted by molar-refractivity contribution is 9.10. The van der Waals surface area contributed by atoms with Gasteiger partial charge in [0.2, 0.25) is 0 Å². The Labute approximate surface area is 156 Å². The van der Waals surface area contributed by atoms with Crippen molar-refractivity contribution >= 4 is 21.8 Å². The first-order chi connectivity index (χ1) is 12.1. The highest BCUT2D eigenvalue weighted by Crippen LogP contribution is 2.41. The fourth-order valence-electron chi connectivity index (χ4n) is 3.68. The Bertz CT molecular complexity index is 814. The van der Waals surface area contributed by atoms with Crippen molar-refractivity contribution in [1.82, 2.24) is 5.32 Å². The maximum Gasteiger partial charge on any atom is 0.255 e. The Balaban J connectivity index is 1.48. The van der Waals surface area contributed by atoms with Crippen molar-refractivity contribution in [1.29, 1.82) is 0 Å². The molecule has 2 aromatic rings. The number of hydrogen-bond acceptors (Lipinski definition) is 2. The van der Waals surface area contributed by atoms with Gasteiger partial charge in [-0.3, -0.25) is 4.79 Å². The summed E-state index contributed by atoms with van der Waals surface area (Å²) >= 11 is 3.53. The molecule has 2 aromatic carbocycles. The zero-order valence-electron chi connectivity index (χ0n) is 14.3. The van der Waals surface area contributed by atoms with Crippen LogP contribution in [0.1, 0.15) is 52.2 Å². The van der Waals surface area contributed by atoms with Crippen molar-refractivity contribution in [3.63, 3.8) is 0 Å². The smallest absolute Gasteiger partial charge is 0.255 e. The Kier molecular flexibility index (Phi) is 4.55. The number of amides is 1. The summed E-state index contributed by atoms with van der Waals surface area (Å²) in [6.45, 7) is 0. The number of halogens is 1. The van der Waals surface area contributed by atoms with Gasteiger partial charge in [0, 0.05) is 10.5 Å². The molecule has 0 heterocycles. The van der Waals surface area contributed by atoms with Gasteiger partial charge in [-0.2, -0.15) is 0 Å². The maximum atomic E-state index is 12.8. The molecule has 1 fully saturated rings. The van der Waals surface area contributed by atoms with Gasteiger partial charge in [0.1, 0.15) is 5.75 Å². The van der Waals surface area contributed by atoms with Crippen molar-refractivity contribution in [2.75, 3.05) is 7.11 Å². The van der Waals surface area contributed by atoms with Crippen LogP contribution in [0.5, 0.6) is 5.75 Å². The molecule has 1 saturated carbocycles. The lowest BCUT2D eigenvalue weighted by Gasteiger charge is -2.26.